The van der Waals surface area contributed by atoms with E-state index in [1.165, 1.54) is 0 Å². The van der Waals surface area contributed by atoms with Crippen LogP contribution in [0.1, 0.15) is 11.1 Å². The Morgan fingerprint density at radius 3 is 2.24 bits per heavy atom. The van der Waals surface area contributed by atoms with Crippen LogP contribution in [0.15, 0.2) is 46.9 Å². The van der Waals surface area contributed by atoms with E-state index in [4.69, 9.17) is 9.47 Å². The number of halogens is 2. The highest BCUT2D eigenvalue weighted by atomic mass is 79.9. The molecule has 0 unspecified atom stereocenters. The van der Waals surface area contributed by atoms with Gasteiger partial charge in [-0.05, 0) is 24.3 Å². The summed E-state index contributed by atoms with van der Waals surface area (Å²) < 4.78 is 11.8. The van der Waals surface area contributed by atoms with Crippen molar-refractivity contribution in [1.29, 1.82) is 0 Å². The van der Waals surface area contributed by atoms with E-state index in [0.29, 0.717) is 0 Å². The average molecular weight is 373 g/mol. The molecule has 1 N–H and O–H groups in total. The Balaban J connectivity index is 0.00000220. The molecule has 114 valence electrons. The molecule has 0 aliphatic carbocycles. The first-order valence-electron chi connectivity index (χ1n) is 6.39. The third-order valence-electron chi connectivity index (χ3n) is 3.07. The molecule has 0 radical (unpaired) electrons. The fraction of sp³-hybridized carbons (Fsp3) is 0.250. The average Bonchev–Trinajstić information content (AvgIpc) is 2.48. The number of benzene rings is 2. The van der Waals surface area contributed by atoms with Gasteiger partial charge in [-0.15, -0.1) is 12.4 Å². The first kappa shape index (κ1) is 17.8. The number of para-hydroxylation sites is 1. The van der Waals surface area contributed by atoms with Crippen molar-refractivity contribution in [2.75, 3.05) is 14.2 Å². The molecule has 0 aliphatic rings. The van der Waals surface area contributed by atoms with E-state index in [2.05, 4.69) is 33.4 Å². The van der Waals surface area contributed by atoms with Crippen molar-refractivity contribution in [2.24, 2.45) is 0 Å². The summed E-state index contributed by atoms with van der Waals surface area (Å²) in [5, 5.41) is 3.41. The van der Waals surface area contributed by atoms with E-state index in [1.807, 2.05) is 30.3 Å². The van der Waals surface area contributed by atoms with Crippen LogP contribution in [-0.2, 0) is 13.1 Å². The summed E-state index contributed by atoms with van der Waals surface area (Å²) in [7, 11) is 3.38. The number of rotatable bonds is 6. The van der Waals surface area contributed by atoms with Crippen LogP contribution in [0.2, 0.25) is 0 Å². The maximum atomic E-state index is 5.36. The van der Waals surface area contributed by atoms with Crippen LogP contribution in [0.5, 0.6) is 11.5 Å². The topological polar surface area (TPSA) is 30.5 Å². The Hall–Kier alpha value is -1.23. The molecule has 0 amide bonds. The lowest BCUT2D eigenvalue weighted by atomic mass is 10.1. The summed E-state index contributed by atoms with van der Waals surface area (Å²) in [6.45, 7) is 1.49. The molecule has 0 bridgehead atoms. The summed E-state index contributed by atoms with van der Waals surface area (Å²) in [5.74, 6) is 1.79. The fourth-order valence-electron chi connectivity index (χ4n) is 2.07. The molecule has 0 spiro atoms. The predicted molar refractivity (Wildman–Crippen MR) is 91.5 cm³/mol. The lowest BCUT2D eigenvalue weighted by Crippen LogP contribution is -2.14. The van der Waals surface area contributed by atoms with Crippen LogP contribution in [0.3, 0.4) is 0 Å². The van der Waals surface area contributed by atoms with Crippen LogP contribution >= 0.6 is 28.3 Å². The molecule has 0 saturated heterocycles. The van der Waals surface area contributed by atoms with Crippen molar-refractivity contribution in [1.82, 2.24) is 5.32 Å². The Labute approximate surface area is 140 Å². The predicted octanol–water partition coefficient (Wildman–Crippen LogP) is 4.18. The Morgan fingerprint density at radius 2 is 1.52 bits per heavy atom. The van der Waals surface area contributed by atoms with Gasteiger partial charge in [0.2, 0.25) is 0 Å². The largest absolute Gasteiger partial charge is 0.496 e. The molecule has 0 aromatic heterocycles. The third-order valence-corrected chi connectivity index (χ3v) is 3.56. The molecule has 0 heterocycles. The van der Waals surface area contributed by atoms with Gasteiger partial charge in [-0.3, -0.25) is 0 Å². The number of ether oxygens (including phenoxy) is 2. The molecule has 0 fully saturated rings. The highest BCUT2D eigenvalue weighted by molar-refractivity contribution is 9.10. The van der Waals surface area contributed by atoms with Crippen molar-refractivity contribution in [3.8, 4) is 11.5 Å². The Bertz CT molecular complexity index is 578. The van der Waals surface area contributed by atoms with Gasteiger partial charge >= 0.3 is 0 Å². The lowest BCUT2D eigenvalue weighted by Gasteiger charge is -2.12. The molecule has 2 aromatic rings. The van der Waals surface area contributed by atoms with Gasteiger partial charge in [-0.1, -0.05) is 34.1 Å². The molecule has 5 heteroatoms. The first-order chi connectivity index (χ1) is 9.74. The summed E-state index contributed by atoms with van der Waals surface area (Å²) in [5.41, 5.74) is 2.26. The van der Waals surface area contributed by atoms with Gasteiger partial charge in [0.15, 0.2) is 0 Å². The fourth-order valence-corrected chi connectivity index (χ4v) is 2.47. The van der Waals surface area contributed by atoms with Crippen molar-refractivity contribution >= 4 is 28.3 Å². The van der Waals surface area contributed by atoms with Gasteiger partial charge in [0.25, 0.3) is 0 Å². The highest BCUT2D eigenvalue weighted by Gasteiger charge is 2.05. The highest BCUT2D eigenvalue weighted by Crippen LogP contribution is 2.23. The minimum absolute atomic E-state index is 0. The number of nitrogens with one attached hydrogen (secondary N) is 1. The van der Waals surface area contributed by atoms with Gasteiger partial charge in [0.05, 0.1) is 14.2 Å². The van der Waals surface area contributed by atoms with Crippen LogP contribution in [0.25, 0.3) is 0 Å². The third kappa shape index (κ3) is 4.92. The smallest absolute Gasteiger partial charge is 0.123 e. The van der Waals surface area contributed by atoms with E-state index >= 15 is 0 Å². The lowest BCUT2D eigenvalue weighted by molar-refractivity contribution is 0.404. The van der Waals surface area contributed by atoms with Gasteiger partial charge in [-0.25, -0.2) is 0 Å². The molecule has 0 aliphatic heterocycles. The standard InChI is InChI=1S/C16H18BrNO2.ClH/c1-19-15-6-4-3-5-12(15)10-18-11-13-9-14(17)7-8-16(13)20-2;/h3-9,18H,10-11H2,1-2H3;1H. The molecule has 2 rings (SSSR count). The summed E-state index contributed by atoms with van der Waals surface area (Å²) in [6, 6.07) is 14.0. The second kappa shape index (κ2) is 8.93. The molecule has 0 saturated carbocycles. The number of hydrogen-bond donors (Lipinski definition) is 1. The first-order valence-corrected chi connectivity index (χ1v) is 7.19. The van der Waals surface area contributed by atoms with Crippen LogP contribution in [0, 0.1) is 0 Å². The van der Waals surface area contributed by atoms with Crippen molar-refractivity contribution in [3.63, 3.8) is 0 Å². The minimum atomic E-state index is 0. The van der Waals surface area contributed by atoms with Crippen LogP contribution in [0.4, 0.5) is 0 Å². The van der Waals surface area contributed by atoms with E-state index in [1.54, 1.807) is 14.2 Å². The van der Waals surface area contributed by atoms with Crippen molar-refractivity contribution in [2.45, 2.75) is 13.1 Å². The van der Waals surface area contributed by atoms with E-state index in [0.717, 1.165) is 40.2 Å². The zero-order chi connectivity index (χ0) is 14.4. The van der Waals surface area contributed by atoms with E-state index < -0.39 is 0 Å². The van der Waals surface area contributed by atoms with Crippen LogP contribution in [-0.4, -0.2) is 14.2 Å². The maximum absolute atomic E-state index is 5.36. The van der Waals surface area contributed by atoms with Gasteiger partial charge in [0.1, 0.15) is 11.5 Å². The molecule has 21 heavy (non-hydrogen) atoms. The van der Waals surface area contributed by atoms with Gasteiger partial charge < -0.3 is 14.8 Å². The molecule has 2 aromatic carbocycles. The zero-order valence-electron chi connectivity index (χ0n) is 12.1. The molecule has 3 nitrogen and oxygen atoms in total. The molecular formula is C16H19BrClNO2. The minimum Gasteiger partial charge on any atom is -0.496 e. The Kier molecular flexibility index (Phi) is 7.57. The molecular weight excluding hydrogens is 354 g/mol. The summed E-state index contributed by atoms with van der Waals surface area (Å²) >= 11 is 3.48. The number of methoxy groups -OCH3 is 2. The summed E-state index contributed by atoms with van der Waals surface area (Å²) in [4.78, 5) is 0. The molecule has 0 atom stereocenters. The van der Waals surface area contributed by atoms with Gasteiger partial charge in [0, 0.05) is 28.7 Å². The van der Waals surface area contributed by atoms with Crippen molar-refractivity contribution < 1.29 is 9.47 Å². The number of hydrogen-bond acceptors (Lipinski definition) is 3. The monoisotopic (exact) mass is 371 g/mol. The van der Waals surface area contributed by atoms with Crippen LogP contribution < -0.4 is 14.8 Å². The normalized spacial score (nSPS) is 9.86. The SMILES string of the molecule is COc1ccccc1CNCc1cc(Br)ccc1OC.Cl. The van der Waals surface area contributed by atoms with E-state index in [9.17, 15) is 0 Å². The quantitative estimate of drug-likeness (QED) is 0.825. The zero-order valence-corrected chi connectivity index (χ0v) is 14.5. The summed E-state index contributed by atoms with van der Waals surface area (Å²) in [6.07, 6.45) is 0. The van der Waals surface area contributed by atoms with Gasteiger partial charge in [-0.2, -0.15) is 0 Å². The van der Waals surface area contributed by atoms with E-state index in [-0.39, 0.29) is 12.4 Å². The second-order valence-corrected chi connectivity index (χ2v) is 5.29. The second-order valence-electron chi connectivity index (χ2n) is 4.37. The maximum Gasteiger partial charge on any atom is 0.123 e. The Morgan fingerprint density at radius 1 is 0.905 bits per heavy atom. The van der Waals surface area contributed by atoms with Crippen molar-refractivity contribution in [3.05, 3.63) is 58.1 Å².